The molecule has 112 valence electrons. The first-order valence-electron chi connectivity index (χ1n) is 7.01. The van der Waals surface area contributed by atoms with Crippen molar-refractivity contribution in [2.45, 2.75) is 6.04 Å². The number of carbonyl (C=O) groups excluding carboxylic acids is 2. The second kappa shape index (κ2) is 4.61. The first-order valence-corrected chi connectivity index (χ1v) is 7.01. The summed E-state index contributed by atoms with van der Waals surface area (Å²) in [6, 6.07) is 11.3. The van der Waals surface area contributed by atoms with Gasteiger partial charge in [0.2, 0.25) is 0 Å². The number of nitro benzene ring substituents is 1. The minimum absolute atomic E-state index is 0.0615. The summed E-state index contributed by atoms with van der Waals surface area (Å²) < 4.78 is 0. The molecule has 0 N–H and O–H groups in total. The average Bonchev–Trinajstić information content (AvgIpc) is 3.04. The van der Waals surface area contributed by atoms with E-state index in [-0.39, 0.29) is 5.69 Å². The quantitative estimate of drug-likeness (QED) is 0.485. The van der Waals surface area contributed by atoms with Gasteiger partial charge in [0.25, 0.3) is 17.5 Å². The summed E-state index contributed by atoms with van der Waals surface area (Å²) >= 11 is 0. The molecule has 0 bridgehead atoms. The zero-order chi connectivity index (χ0) is 16.1. The molecule has 0 fully saturated rings. The van der Waals surface area contributed by atoms with Crippen molar-refractivity contribution in [2.75, 3.05) is 0 Å². The number of nitro groups is 1. The van der Waals surface area contributed by atoms with Crippen LogP contribution in [-0.2, 0) is 9.59 Å². The fourth-order valence-electron chi connectivity index (χ4n) is 3.23. The fraction of sp³-hybridized carbons (Fsp3) is 0.0588. The number of hydrogen-bond acceptors (Lipinski definition) is 4. The molecule has 0 saturated carbocycles. The molecular formula is C17H10N2O4. The number of carbonyl (C=O) groups is 2. The van der Waals surface area contributed by atoms with E-state index in [4.69, 9.17) is 0 Å². The highest BCUT2D eigenvalue weighted by molar-refractivity contribution is 6.14. The molecule has 0 radical (unpaired) electrons. The summed E-state index contributed by atoms with van der Waals surface area (Å²) in [6.07, 6.45) is 2.45. The van der Waals surface area contributed by atoms with Crippen molar-refractivity contribution in [3.8, 4) is 11.1 Å². The Morgan fingerprint density at radius 3 is 2.26 bits per heavy atom. The first kappa shape index (κ1) is 13.4. The van der Waals surface area contributed by atoms with Gasteiger partial charge < -0.3 is 0 Å². The highest BCUT2D eigenvalue weighted by atomic mass is 16.6. The van der Waals surface area contributed by atoms with Gasteiger partial charge in [0.1, 0.15) is 0 Å². The minimum atomic E-state index is -0.629. The van der Waals surface area contributed by atoms with Crippen LogP contribution in [0.2, 0.25) is 0 Å². The van der Waals surface area contributed by atoms with Crippen molar-refractivity contribution >= 4 is 17.5 Å². The van der Waals surface area contributed by atoms with E-state index in [1.54, 1.807) is 6.07 Å². The van der Waals surface area contributed by atoms with Gasteiger partial charge in [0.15, 0.2) is 0 Å². The van der Waals surface area contributed by atoms with E-state index in [1.165, 1.54) is 24.3 Å². The molecule has 1 unspecified atom stereocenters. The summed E-state index contributed by atoms with van der Waals surface area (Å²) in [5.74, 6) is -0.816. The van der Waals surface area contributed by atoms with Gasteiger partial charge in [-0.2, -0.15) is 0 Å². The van der Waals surface area contributed by atoms with E-state index in [9.17, 15) is 19.7 Å². The predicted molar refractivity (Wildman–Crippen MR) is 81.4 cm³/mol. The van der Waals surface area contributed by atoms with Crippen LogP contribution in [0.15, 0.2) is 54.6 Å². The van der Waals surface area contributed by atoms with Crippen molar-refractivity contribution < 1.29 is 14.5 Å². The van der Waals surface area contributed by atoms with Crippen molar-refractivity contribution in [3.05, 3.63) is 75.9 Å². The Bertz CT molecular complexity index is 899. The van der Waals surface area contributed by atoms with E-state index >= 15 is 0 Å². The third kappa shape index (κ3) is 1.81. The highest BCUT2D eigenvalue weighted by Crippen LogP contribution is 2.48. The second-order valence-electron chi connectivity index (χ2n) is 5.40. The van der Waals surface area contributed by atoms with Gasteiger partial charge >= 0.3 is 0 Å². The van der Waals surface area contributed by atoms with Gasteiger partial charge in [-0.25, -0.2) is 0 Å². The average molecular weight is 306 g/mol. The Hall–Kier alpha value is -3.28. The summed E-state index contributed by atoms with van der Waals surface area (Å²) in [5, 5.41) is 11.1. The predicted octanol–water partition coefficient (Wildman–Crippen LogP) is 2.59. The fourth-order valence-corrected chi connectivity index (χ4v) is 3.23. The number of hydrogen-bond donors (Lipinski definition) is 0. The van der Waals surface area contributed by atoms with Gasteiger partial charge in [-0.1, -0.05) is 24.3 Å². The number of benzene rings is 2. The van der Waals surface area contributed by atoms with E-state index in [1.807, 2.05) is 24.3 Å². The number of fused-ring (bicyclic) bond motifs is 3. The number of amides is 2. The van der Waals surface area contributed by atoms with Gasteiger partial charge in [-0.05, 0) is 28.3 Å². The normalized spacial score (nSPS) is 18.3. The molecule has 6 heteroatoms. The van der Waals surface area contributed by atoms with Gasteiger partial charge in [-0.15, -0.1) is 0 Å². The molecule has 2 aromatic rings. The molecule has 2 aliphatic rings. The van der Waals surface area contributed by atoms with E-state index < -0.39 is 22.8 Å². The Labute approximate surface area is 130 Å². The first-order chi connectivity index (χ1) is 11.1. The summed E-state index contributed by atoms with van der Waals surface area (Å²) in [6.45, 7) is 0. The van der Waals surface area contributed by atoms with Crippen LogP contribution in [-0.4, -0.2) is 21.6 Å². The lowest BCUT2D eigenvalue weighted by Gasteiger charge is -2.24. The minimum Gasteiger partial charge on any atom is -0.269 e. The molecule has 0 saturated heterocycles. The van der Waals surface area contributed by atoms with Crippen LogP contribution in [0.25, 0.3) is 11.1 Å². The molecular weight excluding hydrogens is 296 g/mol. The van der Waals surface area contributed by atoms with Crippen LogP contribution >= 0.6 is 0 Å². The maximum atomic E-state index is 12.1. The molecule has 2 amide bonds. The lowest BCUT2D eigenvalue weighted by molar-refractivity contribution is -0.384. The molecule has 1 atom stereocenters. The van der Waals surface area contributed by atoms with Crippen molar-refractivity contribution in [2.24, 2.45) is 0 Å². The Balaban J connectivity index is 1.96. The zero-order valence-electron chi connectivity index (χ0n) is 11.8. The molecule has 6 nitrogen and oxygen atoms in total. The molecule has 0 spiro atoms. The Morgan fingerprint density at radius 2 is 1.57 bits per heavy atom. The number of imide groups is 1. The number of non-ortho nitro benzene ring substituents is 1. The van der Waals surface area contributed by atoms with Crippen molar-refractivity contribution in [3.63, 3.8) is 0 Å². The van der Waals surface area contributed by atoms with Crippen molar-refractivity contribution in [1.82, 2.24) is 4.90 Å². The zero-order valence-corrected chi connectivity index (χ0v) is 11.8. The van der Waals surface area contributed by atoms with E-state index in [2.05, 4.69) is 0 Å². The Morgan fingerprint density at radius 1 is 0.913 bits per heavy atom. The SMILES string of the molecule is O=C1C=CC(=O)N1C1c2ccccc2-c2ccc([N+](=O)[O-])cc21. The maximum absolute atomic E-state index is 12.1. The van der Waals surface area contributed by atoms with Crippen LogP contribution in [0.4, 0.5) is 5.69 Å². The number of rotatable bonds is 2. The molecule has 0 aromatic heterocycles. The van der Waals surface area contributed by atoms with Gasteiger partial charge in [-0.3, -0.25) is 24.6 Å². The molecule has 2 aromatic carbocycles. The van der Waals surface area contributed by atoms with Gasteiger partial charge in [0.05, 0.1) is 11.0 Å². The molecule has 4 rings (SSSR count). The summed E-state index contributed by atoms with van der Waals surface area (Å²) in [4.78, 5) is 35.9. The second-order valence-corrected chi connectivity index (χ2v) is 5.40. The largest absolute Gasteiger partial charge is 0.269 e. The van der Waals surface area contributed by atoms with E-state index in [0.717, 1.165) is 21.6 Å². The molecule has 23 heavy (non-hydrogen) atoms. The summed E-state index contributed by atoms with van der Waals surface area (Å²) in [5.41, 5.74) is 3.03. The monoisotopic (exact) mass is 306 g/mol. The lowest BCUT2D eigenvalue weighted by atomic mass is 10.0. The highest BCUT2D eigenvalue weighted by Gasteiger charge is 2.40. The molecule has 1 heterocycles. The molecule has 1 aliphatic heterocycles. The smallest absolute Gasteiger partial charge is 0.269 e. The Kier molecular flexibility index (Phi) is 2.68. The van der Waals surface area contributed by atoms with Crippen LogP contribution < -0.4 is 0 Å². The number of nitrogens with zero attached hydrogens (tertiary/aromatic N) is 2. The lowest BCUT2D eigenvalue weighted by Crippen LogP contribution is -2.33. The van der Waals surface area contributed by atoms with Crippen LogP contribution in [0.3, 0.4) is 0 Å². The maximum Gasteiger partial charge on any atom is 0.269 e. The van der Waals surface area contributed by atoms with Crippen LogP contribution in [0.1, 0.15) is 17.2 Å². The third-order valence-corrected chi connectivity index (χ3v) is 4.19. The summed E-state index contributed by atoms with van der Waals surface area (Å²) in [7, 11) is 0. The standard InChI is InChI=1S/C17H10N2O4/c20-15-7-8-16(21)18(15)17-13-4-2-1-3-11(13)12-6-5-10(19(22)23)9-14(12)17/h1-9,17H. The van der Waals surface area contributed by atoms with Gasteiger partial charge in [0, 0.05) is 24.3 Å². The third-order valence-electron chi connectivity index (χ3n) is 4.19. The van der Waals surface area contributed by atoms with Crippen LogP contribution in [0.5, 0.6) is 0 Å². The topological polar surface area (TPSA) is 80.5 Å². The van der Waals surface area contributed by atoms with Crippen molar-refractivity contribution in [1.29, 1.82) is 0 Å². The van der Waals surface area contributed by atoms with E-state index in [0.29, 0.717) is 5.56 Å². The van der Waals surface area contributed by atoms with Crippen LogP contribution in [0, 0.1) is 10.1 Å². The molecule has 1 aliphatic carbocycles.